The summed E-state index contributed by atoms with van der Waals surface area (Å²) in [7, 11) is 3.71. The molecule has 1 aliphatic carbocycles. The molecule has 1 saturated carbocycles. The quantitative estimate of drug-likeness (QED) is 0.133. The Balaban J connectivity index is 1.09. The third-order valence-corrected chi connectivity index (χ3v) is 9.84. The van der Waals surface area contributed by atoms with E-state index in [2.05, 4.69) is 36.2 Å². The van der Waals surface area contributed by atoms with Gasteiger partial charge in [0, 0.05) is 61.1 Å². The average molecular weight is 766 g/mol. The zero-order chi connectivity index (χ0) is 39.5. The van der Waals surface area contributed by atoms with Gasteiger partial charge in [-0.15, -0.1) is 0 Å². The molecule has 3 heterocycles. The van der Waals surface area contributed by atoms with Crippen LogP contribution in [0.25, 0.3) is 22.2 Å². The fraction of sp³-hybridized carbons (Fsp3) is 0.513. The molecule has 1 aliphatic heterocycles. The number of hydrogen-bond donors (Lipinski definition) is 4. The number of amides is 3. The number of urea groups is 1. The first-order valence-electron chi connectivity index (χ1n) is 18.8. The number of hydrogen-bond acceptors (Lipinski definition) is 9. The number of nitrogens with zero attached hydrogens (tertiary/aromatic N) is 5. The smallest absolute Gasteiger partial charge is 0.420 e. The molecule has 0 unspecified atom stereocenters. The number of benzene rings is 2. The van der Waals surface area contributed by atoms with Crippen LogP contribution in [0.3, 0.4) is 0 Å². The second-order valence-corrected chi connectivity index (χ2v) is 15.4. The predicted molar refractivity (Wildman–Crippen MR) is 205 cm³/mol. The Morgan fingerprint density at radius 2 is 1.64 bits per heavy atom. The summed E-state index contributed by atoms with van der Waals surface area (Å²) in [6.45, 7) is 9.07. The van der Waals surface area contributed by atoms with E-state index in [1.54, 1.807) is 24.0 Å². The molecule has 0 radical (unpaired) electrons. The minimum Gasteiger partial charge on any atom is -0.490 e. The van der Waals surface area contributed by atoms with Crippen LogP contribution in [0.5, 0.6) is 5.75 Å². The van der Waals surface area contributed by atoms with Crippen molar-refractivity contribution in [2.45, 2.75) is 103 Å². The van der Waals surface area contributed by atoms with Gasteiger partial charge in [0.15, 0.2) is 5.82 Å². The molecule has 3 amide bonds. The Hall–Kier alpha value is -5.12. The molecule has 0 spiro atoms. The number of likely N-dealkylation sites (tertiary alicyclic amines) is 1. The highest BCUT2D eigenvalue weighted by Crippen LogP contribution is 2.39. The molecule has 2 fully saturated rings. The third kappa shape index (κ3) is 10.3. The van der Waals surface area contributed by atoms with Gasteiger partial charge in [-0.1, -0.05) is 6.92 Å². The Morgan fingerprint density at radius 3 is 2.31 bits per heavy atom. The topological polar surface area (TPSA) is 148 Å². The number of alkyl carbamates (subject to hydrolysis) is 1. The minimum atomic E-state index is -4.67. The van der Waals surface area contributed by atoms with Crippen molar-refractivity contribution in [3.63, 3.8) is 0 Å². The number of fused-ring (bicyclic) bond motifs is 1. The molecule has 16 heteroatoms. The number of carbonyl (C=O) groups is 2. The first kappa shape index (κ1) is 39.6. The van der Waals surface area contributed by atoms with E-state index >= 15 is 0 Å². The van der Waals surface area contributed by atoms with E-state index in [0.717, 1.165) is 66.9 Å². The van der Waals surface area contributed by atoms with Crippen LogP contribution < -0.4 is 26.0 Å². The molecular weight excluding hydrogens is 715 g/mol. The van der Waals surface area contributed by atoms with Gasteiger partial charge in [-0.3, -0.25) is 10.00 Å². The SMILES string of the molecule is CCc1cc(-c2cc(NC(=O)Nc3ccc(OC4CCN(C)CC4)c(C(F)(F)F)c3)nn2C)cc2cnc(N[C@H]3CC[C@H](NC(=O)OC(C)(C)C)CC3)nc12. The summed E-state index contributed by atoms with van der Waals surface area (Å²) < 4.78 is 54.9. The number of piperidine rings is 1. The van der Waals surface area contributed by atoms with Crippen LogP contribution in [0.1, 0.15) is 77.3 Å². The maximum atomic E-state index is 14.0. The molecule has 55 heavy (non-hydrogen) atoms. The number of halogens is 3. The number of nitrogens with one attached hydrogen (secondary N) is 4. The summed E-state index contributed by atoms with van der Waals surface area (Å²) in [5.41, 5.74) is 1.85. The van der Waals surface area contributed by atoms with E-state index < -0.39 is 29.5 Å². The lowest BCUT2D eigenvalue weighted by atomic mass is 9.91. The first-order chi connectivity index (χ1) is 26.0. The fourth-order valence-corrected chi connectivity index (χ4v) is 7.04. The largest absolute Gasteiger partial charge is 0.490 e. The maximum absolute atomic E-state index is 14.0. The molecule has 2 aromatic carbocycles. The van der Waals surface area contributed by atoms with Gasteiger partial charge in [-0.05, 0) is 109 Å². The fourth-order valence-electron chi connectivity index (χ4n) is 7.04. The standard InChI is InChI=1S/C39H50F3N9O4/c1-7-23-18-24(19-25-22-43-35(48-34(23)25)44-26-8-10-27(11-9-26)46-37(53)55-38(2,3)4)31-21-33(49-51(31)6)47-36(52)45-28-12-13-32(30(20-28)39(40,41)42)54-29-14-16-50(5)17-15-29/h12-13,18-22,26-27,29H,7-11,14-17H2,1-6H3,(H,46,53)(H,43,44,48)(H2,45,47,49,52)/t26-,27-. The molecular formula is C39H50F3N9O4. The summed E-state index contributed by atoms with van der Waals surface area (Å²) in [5, 5.41) is 16.8. The summed E-state index contributed by atoms with van der Waals surface area (Å²) in [5.74, 6) is 0.507. The highest BCUT2D eigenvalue weighted by atomic mass is 19.4. The number of carbonyl (C=O) groups excluding carboxylic acids is 2. The minimum absolute atomic E-state index is 0.0319. The predicted octanol–water partition coefficient (Wildman–Crippen LogP) is 7.98. The van der Waals surface area contributed by atoms with Crippen LogP contribution in [-0.2, 0) is 24.4 Å². The van der Waals surface area contributed by atoms with Crippen molar-refractivity contribution in [2.75, 3.05) is 36.1 Å². The Morgan fingerprint density at radius 1 is 0.927 bits per heavy atom. The van der Waals surface area contributed by atoms with Gasteiger partial charge in [0.1, 0.15) is 17.5 Å². The number of ether oxygens (including phenoxy) is 2. The zero-order valence-corrected chi connectivity index (χ0v) is 32.1. The van der Waals surface area contributed by atoms with Crippen molar-refractivity contribution in [3.8, 4) is 17.0 Å². The van der Waals surface area contributed by atoms with Crippen LogP contribution in [-0.4, -0.2) is 80.7 Å². The van der Waals surface area contributed by atoms with E-state index in [9.17, 15) is 22.8 Å². The third-order valence-electron chi connectivity index (χ3n) is 9.84. The number of aromatic nitrogens is 4. The summed E-state index contributed by atoms with van der Waals surface area (Å²) >= 11 is 0. The molecule has 6 rings (SSSR count). The second kappa shape index (κ2) is 16.3. The Bertz CT molecular complexity index is 2000. The summed E-state index contributed by atoms with van der Waals surface area (Å²) in [6.07, 6.45) is 1.71. The molecule has 0 bridgehead atoms. The van der Waals surface area contributed by atoms with E-state index in [4.69, 9.17) is 14.5 Å². The highest BCUT2D eigenvalue weighted by Gasteiger charge is 2.36. The van der Waals surface area contributed by atoms with Gasteiger partial charge < -0.3 is 30.3 Å². The maximum Gasteiger partial charge on any atom is 0.420 e. The van der Waals surface area contributed by atoms with Crippen molar-refractivity contribution < 1.29 is 32.2 Å². The monoisotopic (exact) mass is 765 g/mol. The van der Waals surface area contributed by atoms with E-state index in [1.165, 1.54) is 12.1 Å². The lowest BCUT2D eigenvalue weighted by molar-refractivity contribution is -0.139. The molecule has 0 atom stereocenters. The highest BCUT2D eigenvalue weighted by molar-refractivity contribution is 5.99. The van der Waals surface area contributed by atoms with Crippen LogP contribution in [0.4, 0.5) is 40.2 Å². The Labute approximate surface area is 318 Å². The number of anilines is 3. The van der Waals surface area contributed by atoms with Gasteiger partial charge in [-0.2, -0.15) is 18.3 Å². The van der Waals surface area contributed by atoms with Gasteiger partial charge in [0.2, 0.25) is 5.95 Å². The van der Waals surface area contributed by atoms with Crippen molar-refractivity contribution in [3.05, 3.63) is 53.7 Å². The molecule has 4 N–H and O–H groups in total. The molecule has 4 aromatic rings. The van der Waals surface area contributed by atoms with Gasteiger partial charge in [-0.25, -0.2) is 19.6 Å². The van der Waals surface area contributed by atoms with E-state index in [1.807, 2.05) is 46.9 Å². The normalized spacial score (nSPS) is 18.5. The van der Waals surface area contributed by atoms with Crippen LogP contribution >= 0.6 is 0 Å². The van der Waals surface area contributed by atoms with Crippen LogP contribution in [0, 0.1) is 0 Å². The van der Waals surface area contributed by atoms with Gasteiger partial charge in [0.05, 0.1) is 16.8 Å². The molecule has 13 nitrogen and oxygen atoms in total. The van der Waals surface area contributed by atoms with Crippen LogP contribution in [0.15, 0.2) is 42.6 Å². The van der Waals surface area contributed by atoms with Crippen molar-refractivity contribution in [1.82, 2.24) is 30.0 Å². The summed E-state index contributed by atoms with van der Waals surface area (Å²) in [4.78, 5) is 36.7. The lowest BCUT2D eigenvalue weighted by Crippen LogP contribution is -2.42. The molecule has 2 aromatic heterocycles. The van der Waals surface area contributed by atoms with E-state index in [-0.39, 0.29) is 35.4 Å². The van der Waals surface area contributed by atoms with Gasteiger partial charge in [0.25, 0.3) is 0 Å². The zero-order valence-electron chi connectivity index (χ0n) is 32.1. The molecule has 296 valence electrons. The van der Waals surface area contributed by atoms with Crippen LogP contribution in [0.2, 0.25) is 0 Å². The van der Waals surface area contributed by atoms with Crippen molar-refractivity contribution in [2.24, 2.45) is 7.05 Å². The molecule has 2 aliphatic rings. The van der Waals surface area contributed by atoms with Gasteiger partial charge >= 0.3 is 18.3 Å². The van der Waals surface area contributed by atoms with Crippen molar-refractivity contribution in [1.29, 1.82) is 0 Å². The number of aryl methyl sites for hydroxylation is 2. The van der Waals surface area contributed by atoms with E-state index in [0.29, 0.717) is 30.9 Å². The lowest BCUT2D eigenvalue weighted by Gasteiger charge is -2.30. The summed E-state index contributed by atoms with van der Waals surface area (Å²) in [6, 6.07) is 8.71. The second-order valence-electron chi connectivity index (χ2n) is 15.4. The van der Waals surface area contributed by atoms with Crippen molar-refractivity contribution >= 4 is 40.5 Å². The molecule has 1 saturated heterocycles. The Kier molecular flexibility index (Phi) is 11.7. The first-order valence-corrected chi connectivity index (χ1v) is 18.8. The average Bonchev–Trinajstić information content (AvgIpc) is 3.48. The number of alkyl halides is 3. The number of rotatable bonds is 9.